The minimum atomic E-state index is 0. The summed E-state index contributed by atoms with van der Waals surface area (Å²) in [6, 6.07) is 4.24. The molecule has 4 heteroatoms. The molecule has 1 saturated heterocycles. The van der Waals surface area contributed by atoms with Crippen molar-refractivity contribution >= 4 is 23.7 Å². The molecule has 1 fully saturated rings. The van der Waals surface area contributed by atoms with Crippen LogP contribution in [-0.2, 0) is 4.74 Å². The molecule has 0 amide bonds. The van der Waals surface area contributed by atoms with Gasteiger partial charge in [0.2, 0.25) is 0 Å². The van der Waals surface area contributed by atoms with Crippen LogP contribution in [0.5, 0.6) is 0 Å². The van der Waals surface area contributed by atoms with Gasteiger partial charge in [-0.05, 0) is 56.6 Å². The van der Waals surface area contributed by atoms with Gasteiger partial charge in [-0.1, -0.05) is 6.07 Å². The fourth-order valence-electron chi connectivity index (χ4n) is 2.19. The lowest BCUT2D eigenvalue weighted by atomic mass is 9.97. The van der Waals surface area contributed by atoms with Crippen LogP contribution in [0.1, 0.15) is 37.2 Å². The van der Waals surface area contributed by atoms with E-state index in [4.69, 9.17) is 4.74 Å². The molecule has 17 heavy (non-hydrogen) atoms. The Morgan fingerprint density at radius 2 is 2.47 bits per heavy atom. The van der Waals surface area contributed by atoms with E-state index in [0.717, 1.165) is 12.5 Å². The van der Waals surface area contributed by atoms with Crippen LogP contribution in [-0.4, -0.2) is 19.7 Å². The molecule has 1 aliphatic heterocycles. The lowest BCUT2D eigenvalue weighted by molar-refractivity contribution is 0.0560. The molecular weight excluding hydrogens is 254 g/mol. The van der Waals surface area contributed by atoms with Gasteiger partial charge in [-0.3, -0.25) is 0 Å². The molecule has 2 atom stereocenters. The van der Waals surface area contributed by atoms with E-state index in [1.54, 1.807) is 11.3 Å². The number of rotatable bonds is 5. The summed E-state index contributed by atoms with van der Waals surface area (Å²) in [5.74, 6) is 0.823. The lowest BCUT2D eigenvalue weighted by Gasteiger charge is -2.23. The number of ether oxygens (including phenoxy) is 1. The summed E-state index contributed by atoms with van der Waals surface area (Å²) in [7, 11) is 0. The summed E-state index contributed by atoms with van der Waals surface area (Å²) in [5, 5.41) is 5.56. The highest BCUT2D eigenvalue weighted by molar-refractivity contribution is 7.10. The van der Waals surface area contributed by atoms with E-state index in [2.05, 4.69) is 29.8 Å². The molecule has 0 saturated carbocycles. The van der Waals surface area contributed by atoms with Crippen LogP contribution in [0.4, 0.5) is 0 Å². The van der Waals surface area contributed by atoms with Crippen molar-refractivity contribution in [2.75, 3.05) is 19.7 Å². The summed E-state index contributed by atoms with van der Waals surface area (Å²) in [6.45, 7) is 5.41. The van der Waals surface area contributed by atoms with Gasteiger partial charge in [0.25, 0.3) is 0 Å². The number of thiophene rings is 1. The van der Waals surface area contributed by atoms with Crippen LogP contribution < -0.4 is 5.32 Å². The zero-order valence-electron chi connectivity index (χ0n) is 10.4. The first-order valence-corrected chi connectivity index (χ1v) is 7.10. The molecule has 0 aliphatic carbocycles. The Kier molecular flexibility index (Phi) is 7.12. The van der Waals surface area contributed by atoms with Crippen molar-refractivity contribution in [3.63, 3.8) is 0 Å². The van der Waals surface area contributed by atoms with Gasteiger partial charge in [0.05, 0.1) is 6.10 Å². The molecule has 0 bridgehead atoms. The average molecular weight is 276 g/mol. The van der Waals surface area contributed by atoms with Gasteiger partial charge in [0.1, 0.15) is 0 Å². The first-order chi connectivity index (χ1) is 7.86. The van der Waals surface area contributed by atoms with Crippen LogP contribution in [0.15, 0.2) is 17.5 Å². The highest BCUT2D eigenvalue weighted by Crippen LogP contribution is 2.23. The minimum Gasteiger partial charge on any atom is -0.373 e. The predicted molar refractivity (Wildman–Crippen MR) is 76.1 cm³/mol. The minimum absolute atomic E-state index is 0. The maximum atomic E-state index is 5.87. The fraction of sp³-hybridized carbons (Fsp3) is 0.692. The Morgan fingerprint density at radius 3 is 3.12 bits per heavy atom. The van der Waals surface area contributed by atoms with Gasteiger partial charge in [0.15, 0.2) is 0 Å². The first-order valence-electron chi connectivity index (χ1n) is 6.22. The maximum Gasteiger partial charge on any atom is 0.0888 e. The van der Waals surface area contributed by atoms with E-state index in [1.165, 1.54) is 37.2 Å². The van der Waals surface area contributed by atoms with Gasteiger partial charge in [-0.15, -0.1) is 23.7 Å². The van der Waals surface area contributed by atoms with Crippen molar-refractivity contribution < 1.29 is 4.74 Å². The molecule has 1 N–H and O–H groups in total. The Morgan fingerprint density at radius 1 is 1.59 bits per heavy atom. The monoisotopic (exact) mass is 275 g/mol. The second kappa shape index (κ2) is 8.09. The molecule has 0 aromatic carbocycles. The number of hydrogen-bond acceptors (Lipinski definition) is 3. The molecule has 2 nitrogen and oxygen atoms in total. The number of halogens is 1. The van der Waals surface area contributed by atoms with Crippen LogP contribution in [0.25, 0.3) is 0 Å². The molecule has 2 heterocycles. The quantitative estimate of drug-likeness (QED) is 0.886. The SMILES string of the molecule is CC(OCCC1CCCNC1)c1cccs1.Cl. The normalized spacial score (nSPS) is 21.8. The van der Waals surface area contributed by atoms with E-state index in [0.29, 0.717) is 0 Å². The number of nitrogens with one attached hydrogen (secondary N) is 1. The van der Waals surface area contributed by atoms with E-state index >= 15 is 0 Å². The first kappa shape index (κ1) is 15.0. The van der Waals surface area contributed by atoms with Crippen LogP contribution in [0, 0.1) is 5.92 Å². The fourth-order valence-corrected chi connectivity index (χ4v) is 2.92. The molecule has 0 spiro atoms. The Labute approximate surface area is 114 Å². The molecule has 1 aliphatic rings. The number of hydrogen-bond donors (Lipinski definition) is 1. The summed E-state index contributed by atoms with van der Waals surface area (Å²) in [4.78, 5) is 1.33. The molecule has 0 radical (unpaired) electrons. The molecular formula is C13H22ClNOS. The smallest absolute Gasteiger partial charge is 0.0888 e. The number of piperidine rings is 1. The lowest BCUT2D eigenvalue weighted by Crippen LogP contribution is -2.30. The van der Waals surface area contributed by atoms with Gasteiger partial charge in [-0.25, -0.2) is 0 Å². The zero-order valence-corrected chi connectivity index (χ0v) is 12.0. The van der Waals surface area contributed by atoms with E-state index in [1.807, 2.05) is 0 Å². The summed E-state index contributed by atoms with van der Waals surface area (Å²) < 4.78 is 5.87. The third-order valence-corrected chi connectivity index (χ3v) is 4.27. The standard InChI is InChI=1S/C13H21NOS.ClH/c1-11(13-5-3-9-16-13)15-8-6-12-4-2-7-14-10-12;/h3,5,9,11-12,14H,2,4,6-8,10H2,1H3;1H. The highest BCUT2D eigenvalue weighted by Gasteiger charge is 2.13. The predicted octanol–water partition coefficient (Wildman–Crippen LogP) is 3.64. The Bertz CT molecular complexity index is 286. The van der Waals surface area contributed by atoms with Crippen LogP contribution in [0.3, 0.4) is 0 Å². The molecule has 1 aromatic rings. The van der Waals surface area contributed by atoms with Crippen molar-refractivity contribution in [1.29, 1.82) is 0 Å². The van der Waals surface area contributed by atoms with Gasteiger partial charge in [-0.2, -0.15) is 0 Å². The third-order valence-electron chi connectivity index (χ3n) is 3.24. The van der Waals surface area contributed by atoms with Crippen molar-refractivity contribution in [2.45, 2.75) is 32.3 Å². The van der Waals surface area contributed by atoms with Crippen LogP contribution in [0.2, 0.25) is 0 Å². The van der Waals surface area contributed by atoms with E-state index < -0.39 is 0 Å². The van der Waals surface area contributed by atoms with Crippen molar-refractivity contribution in [3.8, 4) is 0 Å². The van der Waals surface area contributed by atoms with E-state index in [-0.39, 0.29) is 18.5 Å². The molecule has 1 aromatic heterocycles. The Balaban J connectivity index is 0.00000144. The topological polar surface area (TPSA) is 21.3 Å². The van der Waals surface area contributed by atoms with Crippen molar-refractivity contribution in [1.82, 2.24) is 5.32 Å². The van der Waals surface area contributed by atoms with Crippen molar-refractivity contribution in [3.05, 3.63) is 22.4 Å². The summed E-state index contributed by atoms with van der Waals surface area (Å²) in [5.41, 5.74) is 0. The molecule has 2 rings (SSSR count). The second-order valence-electron chi connectivity index (χ2n) is 4.53. The Hall–Kier alpha value is -0.0900. The zero-order chi connectivity index (χ0) is 11.2. The highest BCUT2D eigenvalue weighted by atomic mass is 35.5. The van der Waals surface area contributed by atoms with Gasteiger partial charge >= 0.3 is 0 Å². The maximum absolute atomic E-state index is 5.87. The second-order valence-corrected chi connectivity index (χ2v) is 5.51. The van der Waals surface area contributed by atoms with E-state index in [9.17, 15) is 0 Å². The van der Waals surface area contributed by atoms with Crippen LogP contribution >= 0.6 is 23.7 Å². The summed E-state index contributed by atoms with van der Waals surface area (Å²) >= 11 is 1.78. The summed E-state index contributed by atoms with van der Waals surface area (Å²) in [6.07, 6.45) is 4.15. The van der Waals surface area contributed by atoms with Gasteiger partial charge < -0.3 is 10.1 Å². The molecule has 98 valence electrons. The third kappa shape index (κ3) is 4.96. The molecule has 2 unspecified atom stereocenters. The largest absolute Gasteiger partial charge is 0.373 e. The average Bonchev–Trinajstić information content (AvgIpc) is 2.84. The van der Waals surface area contributed by atoms with Crippen molar-refractivity contribution in [2.24, 2.45) is 5.92 Å². The van der Waals surface area contributed by atoms with Gasteiger partial charge in [0, 0.05) is 11.5 Å².